The van der Waals surface area contributed by atoms with E-state index < -0.39 is 35.8 Å². The molecule has 0 saturated carbocycles. The zero-order chi connectivity index (χ0) is 29.8. The van der Waals surface area contributed by atoms with Crippen LogP contribution in [0.4, 0.5) is 0 Å². The number of aromatic nitrogens is 1. The largest absolute Gasteiger partial charge is 0.497 e. The summed E-state index contributed by atoms with van der Waals surface area (Å²) >= 11 is 0. The van der Waals surface area contributed by atoms with Gasteiger partial charge in [0.05, 0.1) is 25.3 Å². The van der Waals surface area contributed by atoms with Crippen molar-refractivity contribution in [2.24, 2.45) is 16.5 Å². The highest BCUT2D eigenvalue weighted by atomic mass is 16.5. The van der Waals surface area contributed by atoms with Gasteiger partial charge in [0.15, 0.2) is 12.0 Å². The number of methoxy groups -OCH3 is 1. The predicted octanol–water partition coefficient (Wildman–Crippen LogP) is -2.88. The Morgan fingerprint density at radius 3 is 2.88 bits per heavy atom. The number of ether oxygens (including phenoxy) is 2. The zero-order valence-corrected chi connectivity index (χ0v) is 23.7. The van der Waals surface area contributed by atoms with Crippen molar-refractivity contribution in [3.05, 3.63) is 53.3 Å². The second kappa shape index (κ2) is 10.0. The molecule has 222 valence electrons. The summed E-state index contributed by atoms with van der Waals surface area (Å²) < 4.78 is 11.1. The van der Waals surface area contributed by atoms with E-state index in [9.17, 15) is 14.7 Å². The van der Waals surface area contributed by atoms with Crippen molar-refractivity contribution >= 4 is 23.7 Å². The number of carbonyl (C=O) groups excluding carboxylic acids is 2. The van der Waals surface area contributed by atoms with Gasteiger partial charge in [-0.3, -0.25) is 25.3 Å². The number of fused-ring (bicyclic) bond motifs is 1. The van der Waals surface area contributed by atoms with E-state index in [0.717, 1.165) is 12.0 Å². The van der Waals surface area contributed by atoms with Crippen LogP contribution in [0.5, 0.6) is 11.5 Å². The number of hydrogen-bond acceptors (Lipinski definition) is 11. The molecular weight excluding hydrogens is 542 g/mol. The Morgan fingerprint density at radius 1 is 1.29 bits per heavy atom. The number of guanidine groups is 2. The van der Waals surface area contributed by atoms with Crippen LogP contribution in [0.3, 0.4) is 0 Å². The molecule has 9 N–H and O–H groups in total. The third kappa shape index (κ3) is 4.33. The number of aliphatic hydroxyl groups is 1. The SMILES string of the molecule is COc1ccnc(C(=O)NC[C@@H]2N=C(N)N3C[C@@H](NC(=O)c4cccc5c4OCCC5(C)C)[C@@H](O)C34NC(N)=[NH+]C24)c1. The molecule has 2 aromatic rings. The molecular formula is C28H36N9O5+. The number of amides is 2. The van der Waals surface area contributed by atoms with Crippen LogP contribution in [0.2, 0.25) is 0 Å². The van der Waals surface area contributed by atoms with Gasteiger partial charge in [0.1, 0.15) is 29.3 Å². The summed E-state index contributed by atoms with van der Waals surface area (Å²) in [5.74, 6) is 0.645. The Morgan fingerprint density at radius 2 is 2.10 bits per heavy atom. The minimum absolute atomic E-state index is 0.0770. The molecule has 2 unspecified atom stereocenters. The third-order valence-electron chi connectivity index (χ3n) is 8.69. The predicted molar refractivity (Wildman–Crippen MR) is 152 cm³/mol. The molecule has 6 rings (SSSR count). The number of nitrogens with one attached hydrogen (secondary N) is 4. The van der Waals surface area contributed by atoms with Crippen molar-refractivity contribution in [2.45, 2.75) is 55.6 Å². The number of pyridine rings is 1. The average molecular weight is 579 g/mol. The topological polar surface area (TPSA) is 203 Å². The highest BCUT2D eigenvalue weighted by molar-refractivity contribution is 5.98. The maximum atomic E-state index is 13.6. The lowest BCUT2D eigenvalue weighted by atomic mass is 9.79. The third-order valence-corrected chi connectivity index (χ3v) is 8.69. The number of para-hydroxylation sites is 1. The molecule has 1 spiro atoms. The van der Waals surface area contributed by atoms with Crippen LogP contribution in [0.25, 0.3) is 0 Å². The van der Waals surface area contributed by atoms with E-state index in [0.29, 0.717) is 23.7 Å². The smallest absolute Gasteiger partial charge is 0.343 e. The first kappa shape index (κ1) is 27.6. The monoisotopic (exact) mass is 578 g/mol. The van der Waals surface area contributed by atoms with Crippen molar-refractivity contribution in [3.8, 4) is 11.5 Å². The van der Waals surface area contributed by atoms with Crippen molar-refractivity contribution in [1.82, 2.24) is 25.8 Å². The molecule has 1 saturated heterocycles. The Hall–Kier alpha value is -4.59. The second-order valence-corrected chi connectivity index (χ2v) is 11.6. The van der Waals surface area contributed by atoms with Crippen molar-refractivity contribution in [1.29, 1.82) is 0 Å². The maximum Gasteiger partial charge on any atom is 0.343 e. The van der Waals surface area contributed by atoms with E-state index in [2.05, 4.69) is 44.8 Å². The molecule has 42 heavy (non-hydrogen) atoms. The van der Waals surface area contributed by atoms with Gasteiger partial charge >= 0.3 is 5.96 Å². The fraction of sp³-hybridized carbons (Fsp3) is 0.464. The molecule has 0 radical (unpaired) electrons. The van der Waals surface area contributed by atoms with Gasteiger partial charge in [-0.1, -0.05) is 26.0 Å². The second-order valence-electron chi connectivity index (χ2n) is 11.6. The van der Waals surface area contributed by atoms with Gasteiger partial charge in [0.2, 0.25) is 5.66 Å². The number of nitrogens with two attached hydrogens (primary N) is 2. The normalized spacial score (nSPS) is 28.6. The summed E-state index contributed by atoms with van der Waals surface area (Å²) in [6, 6.07) is 6.79. The van der Waals surface area contributed by atoms with Crippen molar-refractivity contribution in [2.75, 3.05) is 26.8 Å². The van der Waals surface area contributed by atoms with E-state index in [1.54, 1.807) is 17.0 Å². The molecule has 4 aliphatic heterocycles. The molecule has 5 heterocycles. The lowest BCUT2D eigenvalue weighted by Crippen LogP contribution is -2.88. The lowest BCUT2D eigenvalue weighted by Gasteiger charge is -2.43. The first-order valence-corrected chi connectivity index (χ1v) is 13.9. The van der Waals surface area contributed by atoms with Crippen LogP contribution in [0.1, 0.15) is 46.7 Å². The zero-order valence-electron chi connectivity index (χ0n) is 23.7. The van der Waals surface area contributed by atoms with Crippen LogP contribution < -0.4 is 41.9 Å². The van der Waals surface area contributed by atoms with Crippen molar-refractivity contribution < 1.29 is 29.2 Å². The van der Waals surface area contributed by atoms with Gasteiger partial charge in [-0.25, -0.2) is 10.3 Å². The van der Waals surface area contributed by atoms with Gasteiger partial charge in [-0.15, -0.1) is 0 Å². The summed E-state index contributed by atoms with van der Waals surface area (Å²) in [4.78, 5) is 40.0. The number of hydrogen-bond donors (Lipinski definition) is 7. The van der Waals surface area contributed by atoms with Crippen LogP contribution in [-0.2, 0) is 5.41 Å². The number of nitrogens with zero attached hydrogens (tertiary/aromatic N) is 3. The van der Waals surface area contributed by atoms with Crippen LogP contribution >= 0.6 is 0 Å². The van der Waals surface area contributed by atoms with E-state index in [1.165, 1.54) is 19.4 Å². The van der Waals surface area contributed by atoms with Gasteiger partial charge in [-0.05, 0) is 24.0 Å². The fourth-order valence-electron chi connectivity index (χ4n) is 6.43. The molecule has 1 fully saturated rings. The van der Waals surface area contributed by atoms with Crippen molar-refractivity contribution in [3.63, 3.8) is 0 Å². The van der Waals surface area contributed by atoms with E-state index in [1.807, 2.05) is 12.1 Å². The molecule has 14 nitrogen and oxygen atoms in total. The summed E-state index contributed by atoms with van der Waals surface area (Å²) in [7, 11) is 1.51. The summed E-state index contributed by atoms with van der Waals surface area (Å²) in [5, 5.41) is 20.7. The minimum Gasteiger partial charge on any atom is -0.497 e. The molecule has 2 amide bonds. The van der Waals surface area contributed by atoms with Gasteiger partial charge in [0, 0.05) is 30.9 Å². The Kier molecular flexibility index (Phi) is 6.60. The Bertz CT molecular complexity index is 1490. The van der Waals surface area contributed by atoms with Gasteiger partial charge < -0.3 is 35.8 Å². The maximum absolute atomic E-state index is 13.6. The summed E-state index contributed by atoms with van der Waals surface area (Å²) in [6.45, 7) is 5.02. The number of benzene rings is 1. The fourth-order valence-corrected chi connectivity index (χ4v) is 6.43. The lowest BCUT2D eigenvalue weighted by molar-refractivity contribution is -0.513. The number of rotatable bonds is 6. The number of carbonyl (C=O) groups is 2. The van der Waals surface area contributed by atoms with Gasteiger partial charge in [-0.2, -0.15) is 0 Å². The minimum atomic E-state index is -1.22. The molecule has 0 aliphatic carbocycles. The average Bonchev–Trinajstić information content (AvgIpc) is 3.47. The summed E-state index contributed by atoms with van der Waals surface area (Å²) in [5.41, 5.74) is 12.8. The molecule has 14 heteroatoms. The van der Waals surface area contributed by atoms with Gasteiger partial charge in [0.25, 0.3) is 11.8 Å². The highest BCUT2D eigenvalue weighted by Gasteiger charge is 2.68. The van der Waals surface area contributed by atoms with Crippen LogP contribution in [-0.4, -0.2) is 95.4 Å². The molecule has 1 aromatic carbocycles. The summed E-state index contributed by atoms with van der Waals surface area (Å²) in [6.07, 6.45) is 1.18. The molecule has 5 atom stereocenters. The quantitative estimate of drug-likeness (QED) is 0.186. The molecule has 4 aliphatic rings. The number of aliphatic imine (C=N–C) groups is 1. The van der Waals surface area contributed by atoms with E-state index >= 15 is 0 Å². The first-order chi connectivity index (χ1) is 20.0. The highest BCUT2D eigenvalue weighted by Crippen LogP contribution is 2.41. The van der Waals surface area contributed by atoms with E-state index in [-0.39, 0.29) is 42.0 Å². The van der Waals surface area contributed by atoms with E-state index in [4.69, 9.17) is 20.9 Å². The molecule has 0 bridgehead atoms. The first-order valence-electron chi connectivity index (χ1n) is 13.9. The number of aliphatic hydroxyl groups excluding tert-OH is 1. The Balaban J connectivity index is 1.22. The Labute approximate surface area is 242 Å². The standard InChI is InChI=1S/C28H35N9O5/c1-27(2)8-10-42-20-15(5-4-6-16(20)27)23(39)33-19-13-37-26(30)34-18(21-28(37,22(19)38)36-25(29)35-21)12-32-24(40)17-11-14(41-3)7-9-31-17/h4-7,9,11,18-19,21-22,38H,8,10,12-13H2,1-3H3,(H2,30,34)(H,32,40)(H,33,39)(H3,29,35,36)/p+1/t18-,19+,21?,22+,28?/m0/s1. The van der Waals surface area contributed by atoms with Crippen LogP contribution in [0.15, 0.2) is 41.5 Å². The molecule has 1 aromatic heterocycles. The van der Waals surface area contributed by atoms with Crippen LogP contribution in [0, 0.1) is 0 Å².